The highest BCUT2D eigenvalue weighted by atomic mass is 35.5. The summed E-state index contributed by atoms with van der Waals surface area (Å²) in [6, 6.07) is 0. The van der Waals surface area contributed by atoms with Gasteiger partial charge in [-0.1, -0.05) is 12.1 Å². The maximum absolute atomic E-state index is 5.68. The number of hydrogen-bond donors (Lipinski definition) is 1. The highest BCUT2D eigenvalue weighted by Gasteiger charge is 2.19. The number of aryl methyl sites for hydroxylation is 1. The number of nitrogens with two attached hydrogens (primary N) is 1. The fraction of sp³-hybridized carbons (Fsp3) is 0.833. The first-order chi connectivity index (χ1) is 8.31. The van der Waals surface area contributed by atoms with Crippen LogP contribution in [0, 0.1) is 5.92 Å². The van der Waals surface area contributed by atoms with Crippen molar-refractivity contribution in [1.82, 2.24) is 15.0 Å². The molecular formula is C12H23ClN4O. The molecule has 1 aromatic heterocycles. The maximum Gasteiger partial charge on any atom is 0.240 e. The van der Waals surface area contributed by atoms with Crippen LogP contribution in [0.2, 0.25) is 0 Å². The van der Waals surface area contributed by atoms with Crippen LogP contribution in [0.5, 0.6) is 0 Å². The van der Waals surface area contributed by atoms with Crippen LogP contribution in [0.4, 0.5) is 0 Å². The molecule has 2 rings (SSSR count). The Bertz CT molecular complexity index is 337. The smallest absolute Gasteiger partial charge is 0.240 e. The first-order valence-electron chi connectivity index (χ1n) is 6.55. The van der Waals surface area contributed by atoms with Crippen LogP contribution in [0.1, 0.15) is 37.9 Å². The SMILES string of the molecule is CCCc1noc(CN2CCC(CN)CC2)n1.Cl. The normalized spacial score (nSPS) is 17.7. The number of piperidine rings is 1. The van der Waals surface area contributed by atoms with Gasteiger partial charge in [-0.3, -0.25) is 4.90 Å². The standard InChI is InChI=1S/C12H22N4O.ClH/c1-2-3-11-14-12(17-15-11)9-16-6-4-10(8-13)5-7-16;/h10H,2-9,13H2,1H3;1H. The first kappa shape index (κ1) is 15.4. The van der Waals surface area contributed by atoms with Crippen LogP contribution in [0.25, 0.3) is 0 Å². The van der Waals surface area contributed by atoms with Crippen molar-refractivity contribution in [1.29, 1.82) is 0 Å². The van der Waals surface area contributed by atoms with Crippen molar-refractivity contribution in [2.45, 2.75) is 39.2 Å². The molecule has 1 aliphatic rings. The third kappa shape index (κ3) is 4.23. The van der Waals surface area contributed by atoms with Gasteiger partial charge in [-0.15, -0.1) is 12.4 Å². The second-order valence-electron chi connectivity index (χ2n) is 4.81. The molecule has 0 atom stereocenters. The van der Waals surface area contributed by atoms with E-state index in [4.69, 9.17) is 10.3 Å². The summed E-state index contributed by atoms with van der Waals surface area (Å²) < 4.78 is 5.25. The lowest BCUT2D eigenvalue weighted by Gasteiger charge is -2.30. The number of halogens is 1. The fourth-order valence-electron chi connectivity index (χ4n) is 2.25. The third-order valence-electron chi connectivity index (χ3n) is 3.38. The van der Waals surface area contributed by atoms with Gasteiger partial charge in [-0.25, -0.2) is 0 Å². The molecule has 0 spiro atoms. The Morgan fingerprint density at radius 3 is 2.72 bits per heavy atom. The molecule has 18 heavy (non-hydrogen) atoms. The minimum atomic E-state index is 0. The molecule has 104 valence electrons. The van der Waals surface area contributed by atoms with E-state index in [9.17, 15) is 0 Å². The van der Waals surface area contributed by atoms with Crippen LogP contribution in [0.3, 0.4) is 0 Å². The number of nitrogens with zero attached hydrogens (tertiary/aromatic N) is 3. The number of aromatic nitrogens is 2. The van der Waals surface area contributed by atoms with Crippen LogP contribution >= 0.6 is 12.4 Å². The number of hydrogen-bond acceptors (Lipinski definition) is 5. The lowest BCUT2D eigenvalue weighted by atomic mass is 9.97. The molecule has 0 amide bonds. The van der Waals surface area contributed by atoms with E-state index in [0.717, 1.165) is 50.7 Å². The van der Waals surface area contributed by atoms with E-state index in [0.29, 0.717) is 5.92 Å². The van der Waals surface area contributed by atoms with E-state index in [1.54, 1.807) is 0 Å². The summed E-state index contributed by atoms with van der Waals surface area (Å²) in [6.07, 6.45) is 4.33. The van der Waals surface area contributed by atoms with Crippen molar-refractivity contribution in [3.05, 3.63) is 11.7 Å². The number of rotatable bonds is 5. The molecule has 0 aromatic carbocycles. The topological polar surface area (TPSA) is 68.2 Å². The average Bonchev–Trinajstić information content (AvgIpc) is 2.78. The minimum Gasteiger partial charge on any atom is -0.338 e. The molecule has 1 fully saturated rings. The van der Waals surface area contributed by atoms with Gasteiger partial charge in [0.2, 0.25) is 5.89 Å². The van der Waals surface area contributed by atoms with Gasteiger partial charge >= 0.3 is 0 Å². The summed E-state index contributed by atoms with van der Waals surface area (Å²) in [5, 5.41) is 3.97. The molecule has 0 radical (unpaired) electrons. The zero-order valence-electron chi connectivity index (χ0n) is 11.0. The molecule has 2 N–H and O–H groups in total. The highest BCUT2D eigenvalue weighted by Crippen LogP contribution is 2.17. The average molecular weight is 275 g/mol. The van der Waals surface area contributed by atoms with Crippen molar-refractivity contribution in [2.24, 2.45) is 11.7 Å². The highest BCUT2D eigenvalue weighted by molar-refractivity contribution is 5.85. The molecule has 2 heterocycles. The van der Waals surface area contributed by atoms with Crippen LogP contribution < -0.4 is 5.73 Å². The van der Waals surface area contributed by atoms with Gasteiger partial charge in [-0.2, -0.15) is 4.98 Å². The van der Waals surface area contributed by atoms with Crippen LogP contribution in [-0.2, 0) is 13.0 Å². The minimum absolute atomic E-state index is 0. The Kier molecular flexibility index (Phi) is 6.60. The predicted octanol–water partition coefficient (Wildman–Crippen LogP) is 1.61. The van der Waals surface area contributed by atoms with Crippen molar-refractivity contribution in [3.8, 4) is 0 Å². The quantitative estimate of drug-likeness (QED) is 0.884. The molecule has 0 unspecified atom stereocenters. The van der Waals surface area contributed by atoms with Crippen molar-refractivity contribution >= 4 is 12.4 Å². The van der Waals surface area contributed by atoms with Gasteiger partial charge in [0.05, 0.1) is 6.54 Å². The second-order valence-corrected chi connectivity index (χ2v) is 4.81. The molecule has 0 aliphatic carbocycles. The van der Waals surface area contributed by atoms with Crippen molar-refractivity contribution < 1.29 is 4.52 Å². The first-order valence-corrected chi connectivity index (χ1v) is 6.55. The Morgan fingerprint density at radius 1 is 1.39 bits per heavy atom. The van der Waals surface area contributed by atoms with E-state index in [1.165, 1.54) is 12.8 Å². The molecule has 5 nitrogen and oxygen atoms in total. The lowest BCUT2D eigenvalue weighted by molar-refractivity contribution is 0.161. The zero-order chi connectivity index (χ0) is 12.1. The lowest BCUT2D eigenvalue weighted by Crippen LogP contribution is -2.35. The largest absolute Gasteiger partial charge is 0.338 e. The van der Waals surface area contributed by atoms with Gasteiger partial charge in [0.25, 0.3) is 0 Å². The van der Waals surface area contributed by atoms with E-state index in [2.05, 4.69) is 22.0 Å². The third-order valence-corrected chi connectivity index (χ3v) is 3.38. The molecule has 1 aromatic rings. The Morgan fingerprint density at radius 2 is 2.11 bits per heavy atom. The number of likely N-dealkylation sites (tertiary alicyclic amines) is 1. The van der Waals surface area contributed by atoms with Crippen LogP contribution in [0.15, 0.2) is 4.52 Å². The van der Waals surface area contributed by atoms with Gasteiger partial charge < -0.3 is 10.3 Å². The molecule has 0 bridgehead atoms. The Labute approximate surface area is 115 Å². The maximum atomic E-state index is 5.68. The monoisotopic (exact) mass is 274 g/mol. The van der Waals surface area contributed by atoms with E-state index < -0.39 is 0 Å². The van der Waals surface area contributed by atoms with E-state index in [1.807, 2.05) is 0 Å². The fourth-order valence-corrected chi connectivity index (χ4v) is 2.25. The molecule has 6 heteroatoms. The van der Waals surface area contributed by atoms with E-state index in [-0.39, 0.29) is 12.4 Å². The van der Waals surface area contributed by atoms with E-state index >= 15 is 0 Å². The van der Waals surface area contributed by atoms with Gasteiger partial charge in [0, 0.05) is 6.42 Å². The Balaban J connectivity index is 0.00000162. The molecule has 1 aliphatic heterocycles. The molecule has 0 saturated carbocycles. The van der Waals surface area contributed by atoms with Crippen LogP contribution in [-0.4, -0.2) is 34.7 Å². The summed E-state index contributed by atoms with van der Waals surface area (Å²) in [5.74, 6) is 2.28. The summed E-state index contributed by atoms with van der Waals surface area (Å²) in [5.41, 5.74) is 5.68. The molecular weight excluding hydrogens is 252 g/mol. The van der Waals surface area contributed by atoms with Gasteiger partial charge in [-0.05, 0) is 44.8 Å². The predicted molar refractivity (Wildman–Crippen MR) is 72.6 cm³/mol. The van der Waals surface area contributed by atoms with Crippen molar-refractivity contribution in [3.63, 3.8) is 0 Å². The van der Waals surface area contributed by atoms with Gasteiger partial charge in [0.1, 0.15) is 0 Å². The second kappa shape index (κ2) is 7.71. The van der Waals surface area contributed by atoms with Crippen molar-refractivity contribution in [2.75, 3.05) is 19.6 Å². The summed E-state index contributed by atoms with van der Waals surface area (Å²) in [6.45, 7) is 5.90. The Hall–Kier alpha value is -0.650. The summed E-state index contributed by atoms with van der Waals surface area (Å²) >= 11 is 0. The summed E-state index contributed by atoms with van der Waals surface area (Å²) in [4.78, 5) is 6.76. The van der Waals surface area contributed by atoms with Gasteiger partial charge in [0.15, 0.2) is 5.82 Å². The molecule has 1 saturated heterocycles. The zero-order valence-corrected chi connectivity index (χ0v) is 11.8. The summed E-state index contributed by atoms with van der Waals surface area (Å²) in [7, 11) is 0.